The average molecular weight is 438 g/mol. The van der Waals surface area contributed by atoms with E-state index in [0.29, 0.717) is 18.7 Å². The van der Waals surface area contributed by atoms with Crippen LogP contribution in [0.25, 0.3) is 16.7 Å². The predicted molar refractivity (Wildman–Crippen MR) is 129 cm³/mol. The molecule has 2 aromatic heterocycles. The minimum Gasteiger partial charge on any atom is -0.364 e. The highest BCUT2D eigenvalue weighted by Gasteiger charge is 2.26. The molecule has 3 heterocycles. The second-order valence-corrected chi connectivity index (χ2v) is 7.84. The fourth-order valence-corrected chi connectivity index (χ4v) is 3.94. The Hall–Kier alpha value is -4.39. The van der Waals surface area contributed by atoms with E-state index in [1.807, 2.05) is 54.6 Å². The molecule has 0 bridgehead atoms. The maximum atomic E-state index is 12.9. The van der Waals surface area contributed by atoms with Crippen molar-refractivity contribution in [1.29, 1.82) is 0 Å². The summed E-state index contributed by atoms with van der Waals surface area (Å²) in [6.07, 6.45) is 4.97. The number of rotatable bonds is 6. The number of fused-ring (bicyclic) bond motifs is 1. The molecule has 1 aliphatic rings. The molecule has 33 heavy (non-hydrogen) atoms. The van der Waals surface area contributed by atoms with Crippen LogP contribution in [-0.4, -0.2) is 35.2 Å². The van der Waals surface area contributed by atoms with Gasteiger partial charge in [-0.05, 0) is 41.5 Å². The summed E-state index contributed by atoms with van der Waals surface area (Å²) in [7, 11) is 0. The largest absolute Gasteiger partial charge is 0.364 e. The van der Waals surface area contributed by atoms with Crippen LogP contribution < -0.4 is 15.5 Å². The first-order valence-electron chi connectivity index (χ1n) is 10.7. The summed E-state index contributed by atoms with van der Waals surface area (Å²) in [6, 6.07) is 21.7. The molecule has 1 atom stereocenters. The predicted octanol–water partition coefficient (Wildman–Crippen LogP) is 4.50. The van der Waals surface area contributed by atoms with Gasteiger partial charge in [0.2, 0.25) is 0 Å². The highest BCUT2D eigenvalue weighted by Crippen LogP contribution is 2.34. The van der Waals surface area contributed by atoms with Gasteiger partial charge in [-0.15, -0.1) is 0 Å². The maximum Gasteiger partial charge on any atom is 0.251 e. The van der Waals surface area contributed by atoms with Gasteiger partial charge in [0.1, 0.15) is 12.1 Å². The van der Waals surface area contributed by atoms with E-state index >= 15 is 0 Å². The lowest BCUT2D eigenvalue weighted by Gasteiger charge is -2.36. The second-order valence-electron chi connectivity index (χ2n) is 7.84. The van der Waals surface area contributed by atoms with Gasteiger partial charge in [-0.3, -0.25) is 4.79 Å². The van der Waals surface area contributed by atoms with Gasteiger partial charge in [-0.25, -0.2) is 4.98 Å². The fraction of sp³-hybridized carbons (Fsp3) is 0.115. The van der Waals surface area contributed by atoms with Crippen LogP contribution in [0.5, 0.6) is 0 Å². The van der Waals surface area contributed by atoms with Gasteiger partial charge in [0.15, 0.2) is 0 Å². The smallest absolute Gasteiger partial charge is 0.251 e. The van der Waals surface area contributed by atoms with Gasteiger partial charge >= 0.3 is 0 Å². The molecular formula is C26H23N5O2. The monoisotopic (exact) mass is 437 g/mol. The Morgan fingerprint density at radius 1 is 1.12 bits per heavy atom. The summed E-state index contributed by atoms with van der Waals surface area (Å²) in [6.45, 7) is 5.14. The maximum absolute atomic E-state index is 12.9. The number of benzene rings is 2. The van der Waals surface area contributed by atoms with Crippen molar-refractivity contribution in [2.75, 3.05) is 23.3 Å². The van der Waals surface area contributed by atoms with Crippen LogP contribution >= 0.6 is 0 Å². The summed E-state index contributed by atoms with van der Waals surface area (Å²) in [5.74, 6) is 0.587. The number of para-hydroxylation sites is 1. The van der Waals surface area contributed by atoms with E-state index in [2.05, 4.69) is 44.4 Å². The third-order valence-corrected chi connectivity index (χ3v) is 5.65. The highest BCUT2D eigenvalue weighted by atomic mass is 16.5. The molecule has 2 aromatic carbocycles. The molecule has 7 nitrogen and oxygen atoms in total. The number of pyridine rings is 1. The zero-order chi connectivity index (χ0) is 22.6. The van der Waals surface area contributed by atoms with Crippen LogP contribution in [0.15, 0.2) is 96.5 Å². The van der Waals surface area contributed by atoms with Crippen LogP contribution in [0.3, 0.4) is 0 Å². The molecular weight excluding hydrogens is 414 g/mol. The Morgan fingerprint density at radius 3 is 2.82 bits per heavy atom. The number of anilines is 3. The van der Waals surface area contributed by atoms with Crippen LogP contribution in [0.2, 0.25) is 0 Å². The highest BCUT2D eigenvalue weighted by molar-refractivity contribution is 6.18. The fourth-order valence-electron chi connectivity index (χ4n) is 3.94. The lowest BCUT2D eigenvalue weighted by molar-refractivity contribution is -0.115. The number of hydrogen-bond acceptors (Lipinski definition) is 6. The zero-order valence-electron chi connectivity index (χ0n) is 17.9. The van der Waals surface area contributed by atoms with Crippen molar-refractivity contribution in [2.45, 2.75) is 6.04 Å². The van der Waals surface area contributed by atoms with Gasteiger partial charge in [0, 0.05) is 36.1 Å². The number of carbonyl (C=O) groups excluding carboxylic acids is 1. The van der Waals surface area contributed by atoms with Crippen LogP contribution in [0.4, 0.5) is 17.2 Å². The zero-order valence-corrected chi connectivity index (χ0v) is 17.9. The van der Waals surface area contributed by atoms with Gasteiger partial charge in [-0.1, -0.05) is 48.1 Å². The Balaban J connectivity index is 1.28. The quantitative estimate of drug-likeness (QED) is 0.432. The summed E-state index contributed by atoms with van der Waals surface area (Å²) in [4.78, 5) is 19.6. The van der Waals surface area contributed by atoms with E-state index in [4.69, 9.17) is 4.52 Å². The van der Waals surface area contributed by atoms with E-state index in [0.717, 1.165) is 33.9 Å². The van der Waals surface area contributed by atoms with Crippen molar-refractivity contribution < 1.29 is 9.32 Å². The molecule has 2 N–H and O–H groups in total. The first-order valence-corrected chi connectivity index (χ1v) is 10.7. The van der Waals surface area contributed by atoms with Crippen molar-refractivity contribution >= 4 is 28.7 Å². The van der Waals surface area contributed by atoms with Crippen molar-refractivity contribution in [1.82, 2.24) is 15.5 Å². The summed E-state index contributed by atoms with van der Waals surface area (Å²) in [5, 5.41) is 10.2. The summed E-state index contributed by atoms with van der Waals surface area (Å²) in [5.41, 5.74) is 5.02. The van der Waals surface area contributed by atoms with E-state index < -0.39 is 0 Å². The lowest BCUT2D eigenvalue weighted by Crippen LogP contribution is -2.46. The topological polar surface area (TPSA) is 83.3 Å². The number of hydrogen-bond donors (Lipinski definition) is 2. The molecule has 164 valence electrons. The van der Waals surface area contributed by atoms with Crippen LogP contribution in [0, 0.1) is 0 Å². The van der Waals surface area contributed by atoms with Gasteiger partial charge in [-0.2, -0.15) is 0 Å². The SMILES string of the molecule is C=C(C(=O)NC[C@@H]1CN(c2ccccc2)c2cccnc2N1)c1cccc(-c2cnoc2)c1. The summed E-state index contributed by atoms with van der Waals surface area (Å²) >= 11 is 0. The normalized spacial score (nSPS) is 14.8. The molecule has 0 unspecified atom stereocenters. The Labute approximate surface area is 191 Å². The number of carbonyl (C=O) groups is 1. The number of nitrogens with one attached hydrogen (secondary N) is 2. The minimum absolute atomic E-state index is 0.0207. The van der Waals surface area contributed by atoms with E-state index in [-0.39, 0.29) is 11.9 Å². The standard InChI is InChI=1S/C26H23N5O2/c1-18(19-7-5-8-20(13-19)21-14-29-33-17-21)26(32)28-15-22-16-31(23-9-3-2-4-10-23)24-11-6-12-27-25(24)30-22/h2-14,17,22H,1,15-16H2,(H,27,30)(H,28,32)/t22-/m1/s1. The Bertz CT molecular complexity index is 1270. The Morgan fingerprint density at radius 2 is 2.00 bits per heavy atom. The first-order chi connectivity index (χ1) is 16.2. The van der Waals surface area contributed by atoms with Crippen molar-refractivity contribution in [2.24, 2.45) is 0 Å². The third-order valence-electron chi connectivity index (χ3n) is 5.65. The molecule has 1 aliphatic heterocycles. The van der Waals surface area contributed by atoms with Crippen molar-refractivity contribution in [3.05, 3.63) is 97.5 Å². The van der Waals surface area contributed by atoms with Crippen molar-refractivity contribution in [3.63, 3.8) is 0 Å². The number of amides is 1. The molecule has 0 aliphatic carbocycles. The average Bonchev–Trinajstić information content (AvgIpc) is 3.42. The molecule has 0 saturated heterocycles. The minimum atomic E-state index is -0.211. The van der Waals surface area contributed by atoms with E-state index in [1.54, 1.807) is 18.7 Å². The number of nitrogens with zero attached hydrogens (tertiary/aromatic N) is 3. The lowest BCUT2D eigenvalue weighted by atomic mass is 10.0. The van der Waals surface area contributed by atoms with Gasteiger partial charge < -0.3 is 20.1 Å². The van der Waals surface area contributed by atoms with Crippen LogP contribution in [0.1, 0.15) is 5.56 Å². The molecule has 0 fully saturated rings. The molecule has 1 amide bonds. The second kappa shape index (κ2) is 9.00. The first kappa shape index (κ1) is 20.5. The molecule has 0 radical (unpaired) electrons. The van der Waals surface area contributed by atoms with Crippen molar-refractivity contribution in [3.8, 4) is 11.1 Å². The molecule has 4 aromatic rings. The van der Waals surface area contributed by atoms with Crippen LogP contribution in [-0.2, 0) is 4.79 Å². The number of aromatic nitrogens is 2. The summed E-state index contributed by atoms with van der Waals surface area (Å²) < 4.78 is 4.92. The van der Waals surface area contributed by atoms with E-state index in [9.17, 15) is 4.79 Å². The Kier molecular flexibility index (Phi) is 5.59. The molecule has 0 saturated carbocycles. The van der Waals surface area contributed by atoms with E-state index in [1.165, 1.54) is 0 Å². The molecule has 7 heteroatoms. The third kappa shape index (κ3) is 4.34. The molecule has 0 spiro atoms. The van der Waals surface area contributed by atoms with Gasteiger partial charge in [0.25, 0.3) is 5.91 Å². The molecule has 5 rings (SSSR count). The van der Waals surface area contributed by atoms with Gasteiger partial charge in [0.05, 0.1) is 17.9 Å².